The van der Waals surface area contributed by atoms with E-state index in [2.05, 4.69) is 34.3 Å². The molecule has 0 bridgehead atoms. The summed E-state index contributed by atoms with van der Waals surface area (Å²) in [6.45, 7) is 4.05. The van der Waals surface area contributed by atoms with E-state index in [0.29, 0.717) is 16.9 Å². The quantitative estimate of drug-likeness (QED) is 0.161. The maximum Gasteiger partial charge on any atom is 0.257 e. The third-order valence-corrected chi connectivity index (χ3v) is 6.54. The Morgan fingerprint density at radius 3 is 1.44 bits per heavy atom. The maximum atomic E-state index is 13.0. The third kappa shape index (κ3) is 7.79. The summed E-state index contributed by atoms with van der Waals surface area (Å²) in [5, 5.41) is 5.75. The van der Waals surface area contributed by atoms with Crippen LogP contribution in [-0.4, -0.2) is 11.8 Å². The molecule has 0 saturated heterocycles. The zero-order chi connectivity index (χ0) is 30.2. The molecule has 5 heteroatoms. The third-order valence-electron chi connectivity index (χ3n) is 6.54. The van der Waals surface area contributed by atoms with Crippen molar-refractivity contribution in [3.63, 3.8) is 0 Å². The summed E-state index contributed by atoms with van der Waals surface area (Å²) in [7, 11) is 0. The molecule has 5 aromatic rings. The second-order valence-electron chi connectivity index (χ2n) is 10.1. The van der Waals surface area contributed by atoms with Crippen molar-refractivity contribution >= 4 is 28.9 Å². The number of anilines is 3. The van der Waals surface area contributed by atoms with E-state index in [1.807, 2.05) is 92.7 Å². The van der Waals surface area contributed by atoms with Gasteiger partial charge in [-0.3, -0.25) is 9.59 Å². The fourth-order valence-electron chi connectivity index (χ4n) is 4.40. The molecule has 2 amide bonds. The predicted octanol–water partition coefficient (Wildman–Crippen LogP) is 7.19. The first-order chi connectivity index (χ1) is 20.8. The average Bonchev–Trinajstić information content (AvgIpc) is 2.99. The van der Waals surface area contributed by atoms with E-state index in [9.17, 15) is 9.59 Å². The Kier molecular flexibility index (Phi) is 8.67. The molecule has 5 aromatic carbocycles. The SMILES string of the molecule is Cc1cccc(C#Cc2cccc(NC(=O)c3ccc(C(=O)Nc4cccc(C#Cc5cccc(C)c5)c4)c(N)c3)c2)c1. The van der Waals surface area contributed by atoms with Crippen molar-refractivity contribution in [2.45, 2.75) is 13.8 Å². The minimum atomic E-state index is -0.381. The molecule has 0 aliphatic rings. The van der Waals surface area contributed by atoms with Crippen molar-refractivity contribution in [1.29, 1.82) is 0 Å². The Morgan fingerprint density at radius 1 is 0.535 bits per heavy atom. The molecule has 0 aromatic heterocycles. The number of aryl methyl sites for hydroxylation is 2. The lowest BCUT2D eigenvalue weighted by molar-refractivity contribution is 0.101. The van der Waals surface area contributed by atoms with Crippen LogP contribution in [0.15, 0.2) is 115 Å². The summed E-state index contributed by atoms with van der Waals surface area (Å²) in [4.78, 5) is 26.0. The van der Waals surface area contributed by atoms with Gasteiger partial charge in [0.1, 0.15) is 0 Å². The summed E-state index contributed by atoms with van der Waals surface area (Å²) in [5.74, 6) is 11.8. The second-order valence-corrected chi connectivity index (χ2v) is 10.1. The number of carbonyl (C=O) groups is 2. The van der Waals surface area contributed by atoms with Gasteiger partial charge in [-0.2, -0.15) is 0 Å². The molecule has 0 fully saturated rings. The van der Waals surface area contributed by atoms with Crippen LogP contribution < -0.4 is 16.4 Å². The molecular formula is C38H29N3O2. The highest BCUT2D eigenvalue weighted by molar-refractivity contribution is 6.10. The zero-order valence-electron chi connectivity index (χ0n) is 23.9. The summed E-state index contributed by atoms with van der Waals surface area (Å²) in [5.41, 5.74) is 13.9. The van der Waals surface area contributed by atoms with Gasteiger partial charge in [0.15, 0.2) is 0 Å². The molecule has 0 unspecified atom stereocenters. The highest BCUT2D eigenvalue weighted by Crippen LogP contribution is 2.19. The van der Waals surface area contributed by atoms with Crippen LogP contribution in [0.2, 0.25) is 0 Å². The van der Waals surface area contributed by atoms with Crippen LogP contribution in [-0.2, 0) is 0 Å². The topological polar surface area (TPSA) is 84.2 Å². The minimum Gasteiger partial charge on any atom is -0.398 e. The average molecular weight is 560 g/mol. The molecule has 0 atom stereocenters. The molecule has 0 saturated carbocycles. The van der Waals surface area contributed by atoms with Crippen LogP contribution in [0.4, 0.5) is 17.1 Å². The lowest BCUT2D eigenvalue weighted by Crippen LogP contribution is -2.16. The van der Waals surface area contributed by atoms with Gasteiger partial charge in [-0.05, 0) is 104 Å². The first-order valence-corrected chi connectivity index (χ1v) is 13.7. The second kappa shape index (κ2) is 13.1. The highest BCUT2D eigenvalue weighted by Gasteiger charge is 2.14. The molecule has 0 aliphatic heterocycles. The Balaban J connectivity index is 1.24. The Hall–Kier alpha value is -6.04. The number of hydrogen-bond donors (Lipinski definition) is 3. The van der Waals surface area contributed by atoms with E-state index in [4.69, 9.17) is 5.73 Å². The van der Waals surface area contributed by atoms with Gasteiger partial charge in [0, 0.05) is 44.9 Å². The van der Waals surface area contributed by atoms with Crippen LogP contribution in [0.5, 0.6) is 0 Å². The molecule has 208 valence electrons. The summed E-state index contributed by atoms with van der Waals surface area (Å²) in [6, 6.07) is 35.2. The number of carbonyl (C=O) groups excluding carboxylic acids is 2. The molecule has 0 aliphatic carbocycles. The van der Waals surface area contributed by atoms with E-state index in [1.165, 1.54) is 6.07 Å². The largest absolute Gasteiger partial charge is 0.398 e. The van der Waals surface area contributed by atoms with Crippen LogP contribution >= 0.6 is 0 Å². The summed E-state index contributed by atoms with van der Waals surface area (Å²) in [6.07, 6.45) is 0. The molecule has 0 heterocycles. The van der Waals surface area contributed by atoms with Crippen molar-refractivity contribution in [1.82, 2.24) is 0 Å². The standard InChI is InChI=1S/C38H29N3O2/c1-26-7-3-9-28(21-26)15-17-30-11-5-13-33(23-30)40-37(42)32-19-20-35(36(39)25-32)38(43)41-34-14-6-12-31(24-34)18-16-29-10-4-8-27(2)22-29/h3-14,19-25H,39H2,1-2H3,(H,40,42)(H,41,43). The number of nitrogens with one attached hydrogen (secondary N) is 2. The van der Waals surface area contributed by atoms with Gasteiger partial charge in [-0.25, -0.2) is 0 Å². The molecule has 5 rings (SSSR count). The molecule has 0 radical (unpaired) electrons. The maximum absolute atomic E-state index is 13.0. The van der Waals surface area contributed by atoms with Crippen molar-refractivity contribution in [2.75, 3.05) is 16.4 Å². The molecule has 0 spiro atoms. The van der Waals surface area contributed by atoms with Gasteiger partial charge >= 0.3 is 0 Å². The Bertz CT molecular complexity index is 1970. The van der Waals surface area contributed by atoms with Gasteiger partial charge in [0.25, 0.3) is 11.8 Å². The van der Waals surface area contributed by atoms with Gasteiger partial charge < -0.3 is 16.4 Å². The van der Waals surface area contributed by atoms with E-state index in [1.54, 1.807) is 30.3 Å². The van der Waals surface area contributed by atoms with Crippen molar-refractivity contribution in [3.8, 4) is 23.7 Å². The Morgan fingerprint density at radius 2 is 0.977 bits per heavy atom. The van der Waals surface area contributed by atoms with E-state index in [0.717, 1.165) is 33.4 Å². The van der Waals surface area contributed by atoms with Crippen LogP contribution in [0, 0.1) is 37.5 Å². The fraction of sp³-hybridized carbons (Fsp3) is 0.0526. The van der Waals surface area contributed by atoms with Crippen LogP contribution in [0.3, 0.4) is 0 Å². The number of benzene rings is 5. The first kappa shape index (κ1) is 28.5. The molecule has 43 heavy (non-hydrogen) atoms. The fourth-order valence-corrected chi connectivity index (χ4v) is 4.40. The number of nitrogens with two attached hydrogens (primary N) is 1. The predicted molar refractivity (Wildman–Crippen MR) is 174 cm³/mol. The van der Waals surface area contributed by atoms with Crippen molar-refractivity contribution < 1.29 is 9.59 Å². The number of amides is 2. The highest BCUT2D eigenvalue weighted by atomic mass is 16.2. The van der Waals surface area contributed by atoms with Crippen molar-refractivity contribution in [2.24, 2.45) is 0 Å². The smallest absolute Gasteiger partial charge is 0.257 e. The molecule has 4 N–H and O–H groups in total. The molecular weight excluding hydrogens is 530 g/mol. The lowest BCUT2D eigenvalue weighted by atomic mass is 10.1. The summed E-state index contributed by atoms with van der Waals surface area (Å²) < 4.78 is 0. The van der Waals surface area contributed by atoms with Crippen molar-refractivity contribution in [3.05, 3.63) is 160 Å². The van der Waals surface area contributed by atoms with Crippen LogP contribution in [0.1, 0.15) is 54.1 Å². The monoisotopic (exact) mass is 559 g/mol. The summed E-state index contributed by atoms with van der Waals surface area (Å²) >= 11 is 0. The van der Waals surface area contributed by atoms with E-state index < -0.39 is 0 Å². The number of rotatable bonds is 4. The number of nitrogen functional groups attached to an aromatic ring is 1. The first-order valence-electron chi connectivity index (χ1n) is 13.7. The number of hydrogen-bond acceptors (Lipinski definition) is 3. The van der Waals surface area contributed by atoms with Gasteiger partial charge in [0.2, 0.25) is 0 Å². The normalized spacial score (nSPS) is 10.0. The van der Waals surface area contributed by atoms with E-state index in [-0.39, 0.29) is 23.1 Å². The van der Waals surface area contributed by atoms with Gasteiger partial charge in [0.05, 0.1) is 5.56 Å². The zero-order valence-corrected chi connectivity index (χ0v) is 23.9. The molecule has 5 nitrogen and oxygen atoms in total. The minimum absolute atomic E-state index is 0.193. The van der Waals surface area contributed by atoms with Crippen LogP contribution in [0.25, 0.3) is 0 Å². The van der Waals surface area contributed by atoms with E-state index >= 15 is 0 Å². The lowest BCUT2D eigenvalue weighted by Gasteiger charge is -2.10. The van der Waals surface area contributed by atoms with Gasteiger partial charge in [-0.15, -0.1) is 0 Å². The van der Waals surface area contributed by atoms with Gasteiger partial charge in [-0.1, -0.05) is 60.1 Å². The Labute approximate surface area is 251 Å².